The number of amidine groups is 1. The highest BCUT2D eigenvalue weighted by Gasteiger charge is 2.17. The Morgan fingerprint density at radius 2 is 2.00 bits per heavy atom. The summed E-state index contributed by atoms with van der Waals surface area (Å²) in [6, 6.07) is 0. The summed E-state index contributed by atoms with van der Waals surface area (Å²) in [6.45, 7) is 6.03. The van der Waals surface area contributed by atoms with Crippen LogP contribution in [0.3, 0.4) is 0 Å². The van der Waals surface area contributed by atoms with Crippen LogP contribution in [0.25, 0.3) is 0 Å². The third-order valence-corrected chi connectivity index (χ3v) is 1.22. The molecule has 4 nitrogen and oxygen atoms in total. The average molecular weight is 159 g/mol. The minimum absolute atomic E-state index is 0.0169. The van der Waals surface area contributed by atoms with E-state index < -0.39 is 0 Å². The molecule has 0 fully saturated rings. The van der Waals surface area contributed by atoms with Crippen LogP contribution in [0.1, 0.15) is 20.8 Å². The van der Waals surface area contributed by atoms with Crippen LogP contribution in [0, 0.1) is 5.41 Å². The summed E-state index contributed by atoms with van der Waals surface area (Å²) in [5, 5.41) is 8.45. The summed E-state index contributed by atoms with van der Waals surface area (Å²) in [6.07, 6.45) is 0. The van der Waals surface area contributed by atoms with Crippen molar-refractivity contribution in [1.29, 1.82) is 0 Å². The van der Waals surface area contributed by atoms with E-state index in [9.17, 15) is 0 Å². The first kappa shape index (κ1) is 10.4. The van der Waals surface area contributed by atoms with Gasteiger partial charge in [0.15, 0.2) is 0 Å². The first-order valence-electron chi connectivity index (χ1n) is 3.59. The minimum atomic E-state index is -0.102. The predicted octanol–water partition coefficient (Wildman–Crippen LogP) is 0.105. The van der Waals surface area contributed by atoms with Crippen LogP contribution in [0.5, 0.6) is 0 Å². The molecule has 0 unspecified atom stereocenters. The molecule has 0 atom stereocenters. The molecule has 0 aliphatic heterocycles. The largest absolute Gasteiger partial charge is 0.380 e. The minimum Gasteiger partial charge on any atom is -0.380 e. The zero-order valence-corrected chi connectivity index (χ0v) is 7.60. The zero-order valence-electron chi connectivity index (χ0n) is 7.60. The van der Waals surface area contributed by atoms with E-state index in [0.717, 1.165) is 5.84 Å². The Hall–Kier alpha value is -0.610. The predicted molar refractivity (Wildman–Crippen MR) is 46.2 cm³/mol. The van der Waals surface area contributed by atoms with Crippen LogP contribution in [-0.4, -0.2) is 24.7 Å². The van der Waals surface area contributed by atoms with Gasteiger partial charge in [-0.25, -0.2) is 5.43 Å². The molecule has 0 heterocycles. The number of aliphatic hydroxyl groups excluding tert-OH is 1. The van der Waals surface area contributed by atoms with Gasteiger partial charge < -0.3 is 10.5 Å². The van der Waals surface area contributed by atoms with Gasteiger partial charge in [0.05, 0.1) is 0 Å². The molecule has 11 heavy (non-hydrogen) atoms. The molecule has 0 saturated carbocycles. The maximum absolute atomic E-state index is 8.45. The Labute approximate surface area is 67.7 Å². The van der Waals surface area contributed by atoms with Gasteiger partial charge in [-0.1, -0.05) is 20.8 Å². The molecule has 0 saturated heterocycles. The van der Waals surface area contributed by atoms with Gasteiger partial charge in [-0.3, -0.25) is 4.99 Å². The second-order valence-electron chi connectivity index (χ2n) is 3.28. The van der Waals surface area contributed by atoms with E-state index in [0.29, 0.717) is 0 Å². The summed E-state index contributed by atoms with van der Waals surface area (Å²) < 4.78 is 0. The fraction of sp³-hybridized carbons (Fsp3) is 0.857. The van der Waals surface area contributed by atoms with Gasteiger partial charge in [-0.15, -0.1) is 0 Å². The lowest BCUT2D eigenvalue weighted by atomic mass is 9.95. The highest BCUT2D eigenvalue weighted by molar-refractivity contribution is 5.86. The monoisotopic (exact) mass is 159 g/mol. The van der Waals surface area contributed by atoms with E-state index in [1.54, 1.807) is 7.05 Å². The second-order valence-corrected chi connectivity index (χ2v) is 3.28. The zero-order chi connectivity index (χ0) is 8.91. The van der Waals surface area contributed by atoms with E-state index in [2.05, 4.69) is 15.8 Å². The molecule has 0 aromatic rings. The highest BCUT2D eigenvalue weighted by atomic mass is 16.3. The molecule has 4 heteroatoms. The molecule has 0 spiro atoms. The van der Waals surface area contributed by atoms with Crippen molar-refractivity contribution in [2.75, 3.05) is 13.8 Å². The van der Waals surface area contributed by atoms with Crippen molar-refractivity contribution < 1.29 is 5.11 Å². The number of nitrogens with zero attached hydrogens (tertiary/aromatic N) is 1. The maximum Gasteiger partial charge on any atom is 0.116 e. The van der Waals surface area contributed by atoms with Crippen molar-refractivity contribution in [3.05, 3.63) is 0 Å². The van der Waals surface area contributed by atoms with Gasteiger partial charge in [0, 0.05) is 12.5 Å². The van der Waals surface area contributed by atoms with Gasteiger partial charge in [-0.2, -0.15) is 0 Å². The molecule has 66 valence electrons. The normalized spacial score (nSPS) is 13.4. The molecule has 0 aliphatic carbocycles. The number of aliphatic imine (C=N–C) groups is 1. The van der Waals surface area contributed by atoms with Crippen molar-refractivity contribution in [3.63, 3.8) is 0 Å². The van der Waals surface area contributed by atoms with Crippen LogP contribution in [0.15, 0.2) is 4.99 Å². The number of rotatable bonds is 2. The first-order chi connectivity index (χ1) is 5.02. The number of aliphatic hydroxyl groups is 1. The summed E-state index contributed by atoms with van der Waals surface area (Å²) in [4.78, 5) is 4.03. The third kappa shape index (κ3) is 3.95. The lowest BCUT2D eigenvalue weighted by molar-refractivity contribution is 0.249. The third-order valence-electron chi connectivity index (χ3n) is 1.22. The fourth-order valence-electron chi connectivity index (χ4n) is 0.702. The number of nitrogens with one attached hydrogen (secondary N) is 2. The molecule has 0 aliphatic rings. The summed E-state index contributed by atoms with van der Waals surface area (Å²) in [5.41, 5.74) is 5.37. The van der Waals surface area contributed by atoms with Gasteiger partial charge in [0.25, 0.3) is 0 Å². The lowest BCUT2D eigenvalue weighted by Crippen LogP contribution is -2.44. The van der Waals surface area contributed by atoms with E-state index in [1.165, 1.54) is 0 Å². The Kier molecular flexibility index (Phi) is 4.07. The van der Waals surface area contributed by atoms with E-state index in [-0.39, 0.29) is 12.1 Å². The quantitative estimate of drug-likeness (QED) is 0.232. The number of hydrogen-bond acceptors (Lipinski definition) is 3. The Morgan fingerprint density at radius 1 is 1.45 bits per heavy atom. The molecule has 0 aromatic heterocycles. The van der Waals surface area contributed by atoms with Crippen LogP contribution in [0.2, 0.25) is 0 Å². The fourth-order valence-corrected chi connectivity index (χ4v) is 0.702. The lowest BCUT2D eigenvalue weighted by Gasteiger charge is -2.22. The summed E-state index contributed by atoms with van der Waals surface area (Å²) in [7, 11) is 1.71. The van der Waals surface area contributed by atoms with Crippen LogP contribution in [-0.2, 0) is 0 Å². The van der Waals surface area contributed by atoms with Crippen LogP contribution < -0.4 is 10.9 Å². The van der Waals surface area contributed by atoms with Crippen LogP contribution in [0.4, 0.5) is 0 Å². The highest BCUT2D eigenvalue weighted by Crippen LogP contribution is 2.13. The van der Waals surface area contributed by atoms with Gasteiger partial charge in [0.1, 0.15) is 12.6 Å². The second kappa shape index (κ2) is 4.31. The van der Waals surface area contributed by atoms with Crippen molar-refractivity contribution in [2.24, 2.45) is 10.4 Å². The van der Waals surface area contributed by atoms with E-state index >= 15 is 0 Å². The molecule has 0 amide bonds. The Morgan fingerprint density at radius 3 is 2.27 bits per heavy atom. The van der Waals surface area contributed by atoms with Gasteiger partial charge in [-0.05, 0) is 0 Å². The molecular weight excluding hydrogens is 142 g/mol. The van der Waals surface area contributed by atoms with Crippen molar-refractivity contribution in [2.45, 2.75) is 20.8 Å². The van der Waals surface area contributed by atoms with E-state index in [4.69, 9.17) is 5.11 Å². The topological polar surface area (TPSA) is 56.7 Å². The SMILES string of the molecule is CN=C(NNCO)C(C)(C)C. The van der Waals surface area contributed by atoms with Crippen LogP contribution >= 0.6 is 0 Å². The molecule has 0 rings (SSSR count). The standard InChI is InChI=1S/C7H17N3O/c1-7(2,3)6(8-4)10-9-5-11/h9,11H,5H2,1-4H3,(H,8,10). The summed E-state index contributed by atoms with van der Waals surface area (Å²) >= 11 is 0. The van der Waals surface area contributed by atoms with Crippen molar-refractivity contribution in [3.8, 4) is 0 Å². The Balaban J connectivity index is 3.99. The molecular formula is C7H17N3O. The van der Waals surface area contributed by atoms with Gasteiger partial charge in [0.2, 0.25) is 0 Å². The average Bonchev–Trinajstić information content (AvgIpc) is 1.87. The molecule has 0 bridgehead atoms. The van der Waals surface area contributed by atoms with Crippen molar-refractivity contribution >= 4 is 5.84 Å². The summed E-state index contributed by atoms with van der Waals surface area (Å²) in [5.74, 6) is 0.826. The smallest absolute Gasteiger partial charge is 0.116 e. The molecule has 0 aromatic carbocycles. The number of hydrogen-bond donors (Lipinski definition) is 3. The van der Waals surface area contributed by atoms with E-state index in [1.807, 2.05) is 20.8 Å². The molecule has 3 N–H and O–H groups in total. The maximum atomic E-state index is 8.45. The van der Waals surface area contributed by atoms with Crippen molar-refractivity contribution in [1.82, 2.24) is 10.9 Å². The number of hydrazine groups is 1. The Bertz CT molecular complexity index is 137. The molecule has 0 radical (unpaired) electrons. The van der Waals surface area contributed by atoms with Gasteiger partial charge >= 0.3 is 0 Å². The first-order valence-corrected chi connectivity index (χ1v) is 3.59.